The fraction of sp³-hybridized carbons (Fsp3) is 0.696. The Balaban J connectivity index is 1.08. The van der Waals surface area contributed by atoms with Crippen LogP contribution >= 0.6 is 0 Å². The lowest BCUT2D eigenvalue weighted by atomic mass is 9.32. The van der Waals surface area contributed by atoms with Gasteiger partial charge >= 0.3 is 5.97 Å². The van der Waals surface area contributed by atoms with Crippen molar-refractivity contribution >= 4 is 27.3 Å². The summed E-state index contributed by atoms with van der Waals surface area (Å²) in [4.78, 5) is 27.0. The van der Waals surface area contributed by atoms with Gasteiger partial charge < -0.3 is 15.3 Å². The summed E-state index contributed by atoms with van der Waals surface area (Å²) >= 11 is 0. The molecule has 1 aromatic carbocycles. The molecule has 6 aliphatic rings. The zero-order valence-electron chi connectivity index (χ0n) is 33.9. The highest BCUT2D eigenvalue weighted by Gasteiger charge is 2.70. The highest BCUT2D eigenvalue weighted by Crippen LogP contribution is 2.78. The van der Waals surface area contributed by atoms with Crippen LogP contribution < -0.4 is 5.32 Å². The molecule has 0 unspecified atom stereocenters. The first kappa shape index (κ1) is 39.5. The van der Waals surface area contributed by atoms with E-state index in [1.807, 2.05) is 18.2 Å². The smallest absolute Gasteiger partial charge is 0.335 e. The number of rotatable bonds is 9. The van der Waals surface area contributed by atoms with Crippen molar-refractivity contribution in [1.82, 2.24) is 10.2 Å². The van der Waals surface area contributed by atoms with Gasteiger partial charge in [0.15, 0.2) is 9.84 Å². The molecule has 1 heterocycles. The summed E-state index contributed by atoms with van der Waals surface area (Å²) in [6, 6.07) is 7.53. The topological polar surface area (TPSA) is 104 Å². The average Bonchev–Trinajstić information content (AvgIpc) is 3.50. The maximum absolute atomic E-state index is 13.2. The lowest BCUT2D eigenvalue weighted by molar-refractivity contribution is -0.221. The summed E-state index contributed by atoms with van der Waals surface area (Å²) < 4.78 is 23.5. The van der Waals surface area contributed by atoms with Crippen LogP contribution in [0.15, 0.2) is 54.6 Å². The van der Waals surface area contributed by atoms with E-state index in [1.165, 1.54) is 43.3 Å². The number of benzene rings is 1. The normalized spacial score (nSPS) is 39.7. The first-order chi connectivity index (χ1) is 25.4. The van der Waals surface area contributed by atoms with E-state index < -0.39 is 15.8 Å². The summed E-state index contributed by atoms with van der Waals surface area (Å²) in [7, 11) is -2.88. The van der Waals surface area contributed by atoms with Gasteiger partial charge in [0.2, 0.25) is 5.91 Å². The van der Waals surface area contributed by atoms with E-state index in [4.69, 9.17) is 0 Å². The molecule has 0 aromatic heterocycles. The number of nitrogens with one attached hydrogen (secondary N) is 1. The molecule has 1 amide bonds. The molecular weight excluding hydrogens is 693 g/mol. The maximum Gasteiger partial charge on any atom is 0.335 e. The Hall–Kier alpha value is -2.71. The van der Waals surface area contributed by atoms with E-state index in [9.17, 15) is 23.1 Å². The fourth-order valence-corrected chi connectivity index (χ4v) is 15.4. The molecule has 1 aromatic rings. The van der Waals surface area contributed by atoms with Crippen molar-refractivity contribution < 1.29 is 23.1 Å². The van der Waals surface area contributed by atoms with Crippen LogP contribution in [0, 0.1) is 56.7 Å². The van der Waals surface area contributed by atoms with Crippen molar-refractivity contribution in [1.29, 1.82) is 0 Å². The van der Waals surface area contributed by atoms with Crippen molar-refractivity contribution in [3.63, 3.8) is 0 Å². The van der Waals surface area contributed by atoms with Crippen LogP contribution in [0.3, 0.4) is 0 Å². The van der Waals surface area contributed by atoms with Gasteiger partial charge in [-0.25, -0.2) is 13.2 Å². The number of hydrogen-bond donors (Lipinski definition) is 2. The van der Waals surface area contributed by atoms with E-state index in [0.29, 0.717) is 54.8 Å². The van der Waals surface area contributed by atoms with Crippen molar-refractivity contribution in [3.05, 3.63) is 65.8 Å². The molecule has 5 aliphatic carbocycles. The quantitative estimate of drug-likeness (QED) is 0.148. The number of carbonyl (C=O) groups excluding carboxylic acids is 1. The van der Waals surface area contributed by atoms with Gasteiger partial charge in [0.1, 0.15) is 0 Å². The zero-order valence-corrected chi connectivity index (χ0v) is 34.7. The number of allylic oxidation sites excluding steroid dienone is 4. The van der Waals surface area contributed by atoms with Crippen molar-refractivity contribution in [2.24, 2.45) is 56.7 Å². The van der Waals surface area contributed by atoms with Gasteiger partial charge in [0.25, 0.3) is 0 Å². The molecule has 0 radical (unpaired) electrons. The Kier molecular flexibility index (Phi) is 10.3. The lowest BCUT2D eigenvalue weighted by Crippen LogP contribution is -2.65. The van der Waals surface area contributed by atoms with Crippen molar-refractivity contribution in [3.8, 4) is 0 Å². The predicted octanol–water partition coefficient (Wildman–Crippen LogP) is 8.83. The van der Waals surface area contributed by atoms with Crippen LogP contribution in [0.1, 0.15) is 122 Å². The van der Waals surface area contributed by atoms with Crippen LogP contribution in [0.4, 0.5) is 0 Å². The summed E-state index contributed by atoms with van der Waals surface area (Å²) in [6.45, 7) is 22.2. The summed E-state index contributed by atoms with van der Waals surface area (Å²) in [5.41, 5.74) is 4.80. The Morgan fingerprint density at radius 3 is 2.30 bits per heavy atom. The van der Waals surface area contributed by atoms with Gasteiger partial charge in [-0.3, -0.25) is 4.79 Å². The van der Waals surface area contributed by atoms with Crippen LogP contribution in [0.25, 0.3) is 5.57 Å². The minimum absolute atomic E-state index is 0.0106. The second kappa shape index (κ2) is 14.0. The van der Waals surface area contributed by atoms with E-state index in [1.54, 1.807) is 12.1 Å². The minimum Gasteiger partial charge on any atom is -0.478 e. The molecule has 1 aliphatic heterocycles. The highest BCUT2D eigenvalue weighted by molar-refractivity contribution is 7.91. The molecular formula is C46H66N2O5S. The third-order valence-electron chi connectivity index (χ3n) is 17.1. The summed E-state index contributed by atoms with van der Waals surface area (Å²) in [5, 5.41) is 12.6. The zero-order chi connectivity index (χ0) is 38.9. The van der Waals surface area contributed by atoms with Gasteiger partial charge in [-0.05, 0) is 164 Å². The van der Waals surface area contributed by atoms with Crippen molar-refractivity contribution in [2.75, 3.05) is 37.7 Å². The molecule has 8 heteroatoms. The van der Waals surface area contributed by atoms with Crippen LogP contribution in [-0.4, -0.2) is 68.0 Å². The Morgan fingerprint density at radius 2 is 1.63 bits per heavy atom. The molecule has 1 saturated heterocycles. The van der Waals surface area contributed by atoms with E-state index in [0.717, 1.165) is 44.2 Å². The van der Waals surface area contributed by atoms with E-state index >= 15 is 0 Å². The molecule has 7 rings (SSSR count). The van der Waals surface area contributed by atoms with E-state index in [-0.39, 0.29) is 44.5 Å². The number of carbonyl (C=O) groups is 2. The monoisotopic (exact) mass is 758 g/mol. The predicted molar refractivity (Wildman–Crippen MR) is 218 cm³/mol. The number of carboxylic acids is 1. The van der Waals surface area contributed by atoms with Crippen LogP contribution in [-0.2, 0) is 14.6 Å². The lowest BCUT2D eigenvalue weighted by Gasteiger charge is -2.72. The minimum atomic E-state index is -2.88. The molecule has 296 valence electrons. The first-order valence-corrected chi connectivity index (χ1v) is 22.8. The Bertz CT molecular complexity index is 1820. The standard InChI is InChI=1S/C46H66N2O5S/c1-31(2)34-15-21-46(22-18-39(49)47-25-8-26-48-27-29-54(52,53)30-28-48)24-23-44(6)36(40(34)46)13-14-38-43(5)19-16-35(32-9-11-33(12-10-32)41(50)51)42(3,4)37(43)17-20-45(38,44)7/h9-12,16,18,22,34,36-38,40H,1,8,13-15,17,19-21,23-30H2,2-7H3,(H,47,49)(H,50,51)/b22-18+/t34-,36+,37-,38+,40+,43-,44+,45+,46-/m0/s1. The molecule has 0 spiro atoms. The number of fused-ring (bicyclic) bond motifs is 7. The Labute approximate surface area is 325 Å². The summed E-state index contributed by atoms with van der Waals surface area (Å²) in [6.07, 6.45) is 18.1. The van der Waals surface area contributed by atoms with Gasteiger partial charge in [-0.1, -0.05) is 71.1 Å². The van der Waals surface area contributed by atoms with Crippen LogP contribution in [0.5, 0.6) is 0 Å². The maximum atomic E-state index is 13.2. The highest BCUT2D eigenvalue weighted by atomic mass is 32.2. The number of nitrogens with zero attached hydrogens (tertiary/aromatic N) is 1. The van der Waals surface area contributed by atoms with Crippen LogP contribution in [0.2, 0.25) is 0 Å². The molecule has 54 heavy (non-hydrogen) atoms. The number of sulfone groups is 1. The van der Waals surface area contributed by atoms with Gasteiger partial charge in [0.05, 0.1) is 17.1 Å². The SMILES string of the molecule is C=C(C)[C@@H]1CC[C@]2(/C=C/C(=O)NCCCN3CCS(=O)(=O)CC3)CC[C@]3(C)[C@H](CC[C@@H]4[C@@]5(C)CC=C(c6ccc(C(=O)O)cc6)C(C)(C)[C@@H]5CC[C@]43C)[C@@H]12. The molecule has 2 N–H and O–H groups in total. The first-order valence-electron chi connectivity index (χ1n) is 21.0. The number of carboxylic acid groups (broad SMARTS) is 1. The molecule has 4 saturated carbocycles. The molecule has 7 nitrogen and oxygen atoms in total. The third kappa shape index (κ3) is 6.47. The number of amides is 1. The second-order valence-corrected chi connectivity index (χ2v) is 22.1. The third-order valence-corrected chi connectivity index (χ3v) is 18.7. The number of hydrogen-bond acceptors (Lipinski definition) is 5. The Morgan fingerprint density at radius 1 is 0.926 bits per heavy atom. The fourth-order valence-electron chi connectivity index (χ4n) is 14.2. The second-order valence-electron chi connectivity index (χ2n) is 19.8. The molecule has 5 fully saturated rings. The number of aromatic carboxylic acids is 1. The molecule has 0 bridgehead atoms. The van der Waals surface area contributed by atoms with Gasteiger partial charge in [-0.2, -0.15) is 0 Å². The average molecular weight is 759 g/mol. The van der Waals surface area contributed by atoms with E-state index in [2.05, 4.69) is 70.5 Å². The van der Waals surface area contributed by atoms with Crippen molar-refractivity contribution in [2.45, 2.75) is 106 Å². The summed E-state index contributed by atoms with van der Waals surface area (Å²) in [5.74, 6) is 2.34. The molecule has 9 atom stereocenters. The largest absolute Gasteiger partial charge is 0.478 e. The van der Waals surface area contributed by atoms with Gasteiger partial charge in [0, 0.05) is 19.6 Å². The van der Waals surface area contributed by atoms with Gasteiger partial charge in [-0.15, -0.1) is 0 Å².